The van der Waals surface area contributed by atoms with E-state index >= 15 is 0 Å². The van der Waals surface area contributed by atoms with E-state index in [2.05, 4.69) is 10.3 Å². The molecule has 0 saturated heterocycles. The number of rotatable bonds is 3. The minimum Gasteiger partial charge on any atom is -0.320 e. The molecule has 6 nitrogen and oxygen atoms in total. The highest BCUT2D eigenvalue weighted by Gasteiger charge is 2.17. The number of hydrogen-bond acceptors (Lipinski definition) is 4. The van der Waals surface area contributed by atoms with E-state index in [4.69, 9.17) is 23.2 Å². The molecule has 1 aromatic carbocycles. The number of nitrogens with zero attached hydrogens (tertiary/aromatic N) is 2. The summed E-state index contributed by atoms with van der Waals surface area (Å²) >= 11 is 11.4. The first-order valence-electron chi connectivity index (χ1n) is 5.77. The summed E-state index contributed by atoms with van der Waals surface area (Å²) in [6, 6.07) is 6.97. The zero-order valence-corrected chi connectivity index (χ0v) is 12.3. The van der Waals surface area contributed by atoms with Crippen LogP contribution in [-0.4, -0.2) is 15.8 Å². The van der Waals surface area contributed by atoms with Gasteiger partial charge in [-0.3, -0.25) is 14.9 Å². The Labute approximate surface area is 129 Å². The molecule has 1 heterocycles. The van der Waals surface area contributed by atoms with Gasteiger partial charge in [0.2, 0.25) is 0 Å². The minimum atomic E-state index is -0.645. The van der Waals surface area contributed by atoms with E-state index in [1.807, 2.05) is 0 Å². The van der Waals surface area contributed by atoms with E-state index in [1.54, 1.807) is 13.0 Å². The summed E-state index contributed by atoms with van der Waals surface area (Å²) in [6.07, 6.45) is 0. The Bertz CT molecular complexity index is 735. The largest absolute Gasteiger partial charge is 0.320 e. The van der Waals surface area contributed by atoms with Crippen molar-refractivity contribution in [1.82, 2.24) is 4.98 Å². The number of carbonyl (C=O) groups excluding carboxylic acids is 1. The molecule has 0 spiro atoms. The third-order valence-corrected chi connectivity index (χ3v) is 3.24. The fraction of sp³-hybridized carbons (Fsp3) is 0.0769. The van der Waals surface area contributed by atoms with Gasteiger partial charge in [-0.2, -0.15) is 0 Å². The molecule has 0 bridgehead atoms. The van der Waals surface area contributed by atoms with Gasteiger partial charge < -0.3 is 5.32 Å². The van der Waals surface area contributed by atoms with Crippen molar-refractivity contribution < 1.29 is 9.72 Å². The maximum absolute atomic E-state index is 12.1. The van der Waals surface area contributed by atoms with E-state index in [0.717, 1.165) is 6.07 Å². The number of benzene rings is 1. The molecule has 0 atom stereocenters. The highest BCUT2D eigenvalue weighted by Crippen LogP contribution is 2.25. The molecule has 21 heavy (non-hydrogen) atoms. The first-order chi connectivity index (χ1) is 9.88. The number of nitro benzene ring substituents is 1. The van der Waals surface area contributed by atoms with Crippen molar-refractivity contribution in [3.63, 3.8) is 0 Å². The second kappa shape index (κ2) is 6.07. The van der Waals surface area contributed by atoms with Gasteiger partial charge >= 0.3 is 0 Å². The molecule has 2 rings (SSSR count). The number of amides is 1. The van der Waals surface area contributed by atoms with Gasteiger partial charge in [-0.15, -0.1) is 0 Å². The summed E-state index contributed by atoms with van der Waals surface area (Å²) in [5, 5.41) is 13.7. The molecule has 0 aliphatic heterocycles. The van der Waals surface area contributed by atoms with E-state index in [1.165, 1.54) is 18.2 Å². The molecular formula is C13H9Cl2N3O3. The lowest BCUT2D eigenvalue weighted by Crippen LogP contribution is -2.13. The number of aryl methyl sites for hydroxylation is 1. The van der Waals surface area contributed by atoms with E-state index in [0.29, 0.717) is 16.5 Å². The van der Waals surface area contributed by atoms with Crippen molar-refractivity contribution in [2.24, 2.45) is 0 Å². The number of carbonyl (C=O) groups is 1. The zero-order chi connectivity index (χ0) is 15.6. The second-order valence-corrected chi connectivity index (χ2v) is 4.94. The van der Waals surface area contributed by atoms with E-state index in [-0.39, 0.29) is 16.3 Å². The Morgan fingerprint density at radius 2 is 2.00 bits per heavy atom. The molecule has 0 unspecified atom stereocenters. The number of pyridine rings is 1. The van der Waals surface area contributed by atoms with Crippen LogP contribution in [0.2, 0.25) is 10.2 Å². The van der Waals surface area contributed by atoms with Gasteiger partial charge in [0.05, 0.1) is 16.3 Å². The van der Waals surface area contributed by atoms with Crippen molar-refractivity contribution in [2.75, 3.05) is 5.32 Å². The molecule has 0 aliphatic carbocycles. The molecule has 0 saturated carbocycles. The Kier molecular flexibility index (Phi) is 4.40. The average molecular weight is 326 g/mol. The Hall–Kier alpha value is -2.18. The van der Waals surface area contributed by atoms with Crippen LogP contribution >= 0.6 is 23.2 Å². The summed E-state index contributed by atoms with van der Waals surface area (Å²) in [5.74, 6) is -0.498. The molecule has 2 aromatic rings. The molecule has 108 valence electrons. The highest BCUT2D eigenvalue weighted by molar-refractivity contribution is 6.32. The van der Waals surface area contributed by atoms with Crippen molar-refractivity contribution in [1.29, 1.82) is 0 Å². The lowest BCUT2D eigenvalue weighted by molar-refractivity contribution is -0.384. The van der Waals surface area contributed by atoms with Gasteiger partial charge in [0, 0.05) is 11.6 Å². The van der Waals surface area contributed by atoms with Crippen LogP contribution in [0.4, 0.5) is 11.4 Å². The summed E-state index contributed by atoms with van der Waals surface area (Å²) in [4.78, 5) is 26.3. The van der Waals surface area contributed by atoms with Crippen LogP contribution in [-0.2, 0) is 0 Å². The quantitative estimate of drug-likeness (QED) is 0.527. The third-order valence-electron chi connectivity index (χ3n) is 2.71. The van der Waals surface area contributed by atoms with Crippen molar-refractivity contribution in [3.05, 3.63) is 61.9 Å². The smallest absolute Gasteiger partial charge is 0.288 e. The van der Waals surface area contributed by atoms with Crippen LogP contribution in [0.15, 0.2) is 30.3 Å². The minimum absolute atomic E-state index is 0.0270. The summed E-state index contributed by atoms with van der Waals surface area (Å²) in [5.41, 5.74) is 0.817. The third kappa shape index (κ3) is 3.48. The number of hydrogen-bond donors (Lipinski definition) is 1. The maximum Gasteiger partial charge on any atom is 0.288 e. The highest BCUT2D eigenvalue weighted by atomic mass is 35.5. The lowest BCUT2D eigenvalue weighted by atomic mass is 10.2. The molecule has 1 N–H and O–H groups in total. The van der Waals surface area contributed by atoms with Crippen LogP contribution in [0.1, 0.15) is 16.1 Å². The maximum atomic E-state index is 12.1. The van der Waals surface area contributed by atoms with Crippen molar-refractivity contribution >= 4 is 40.5 Å². The standard InChI is InChI=1S/C13H9Cl2N3O3/c1-7-10(4-5-12(15)16-7)17-13(19)8-2-3-9(14)11(6-8)18(20)21/h2-6H,1H3,(H,17,19). The fourth-order valence-corrected chi connectivity index (χ4v) is 2.03. The molecule has 8 heteroatoms. The normalized spacial score (nSPS) is 10.2. The van der Waals surface area contributed by atoms with Crippen LogP contribution in [0.5, 0.6) is 0 Å². The van der Waals surface area contributed by atoms with Crippen molar-refractivity contribution in [3.8, 4) is 0 Å². The SMILES string of the molecule is Cc1nc(Cl)ccc1NC(=O)c1ccc(Cl)c([N+](=O)[O-])c1. The first-order valence-corrected chi connectivity index (χ1v) is 6.52. The first kappa shape index (κ1) is 15.2. The number of anilines is 1. The van der Waals surface area contributed by atoms with Crippen LogP contribution in [0, 0.1) is 17.0 Å². The molecule has 1 amide bonds. The number of nitro groups is 1. The average Bonchev–Trinajstić information content (AvgIpc) is 2.42. The van der Waals surface area contributed by atoms with E-state index < -0.39 is 10.8 Å². The second-order valence-electron chi connectivity index (χ2n) is 4.14. The van der Waals surface area contributed by atoms with Gasteiger partial charge in [-0.05, 0) is 31.2 Å². The number of aromatic nitrogens is 1. The summed E-state index contributed by atoms with van der Waals surface area (Å²) in [6.45, 7) is 1.69. The van der Waals surface area contributed by atoms with Gasteiger partial charge in [0.1, 0.15) is 10.2 Å². The van der Waals surface area contributed by atoms with Crippen LogP contribution < -0.4 is 5.32 Å². The Balaban J connectivity index is 2.28. The van der Waals surface area contributed by atoms with Gasteiger partial charge in [-0.1, -0.05) is 23.2 Å². The molecule has 0 radical (unpaired) electrons. The lowest BCUT2D eigenvalue weighted by Gasteiger charge is -2.08. The van der Waals surface area contributed by atoms with Crippen LogP contribution in [0.25, 0.3) is 0 Å². The molecule has 0 fully saturated rings. The van der Waals surface area contributed by atoms with Gasteiger partial charge in [-0.25, -0.2) is 4.98 Å². The van der Waals surface area contributed by atoms with Crippen LogP contribution in [0.3, 0.4) is 0 Å². The number of halogens is 2. The molecule has 1 aromatic heterocycles. The van der Waals surface area contributed by atoms with Gasteiger partial charge in [0.15, 0.2) is 0 Å². The fourth-order valence-electron chi connectivity index (χ4n) is 1.65. The summed E-state index contributed by atoms with van der Waals surface area (Å²) < 4.78 is 0. The predicted octanol–water partition coefficient (Wildman–Crippen LogP) is 3.86. The van der Waals surface area contributed by atoms with E-state index in [9.17, 15) is 14.9 Å². The topological polar surface area (TPSA) is 85.1 Å². The van der Waals surface area contributed by atoms with Crippen molar-refractivity contribution in [2.45, 2.75) is 6.92 Å². The van der Waals surface area contributed by atoms with Gasteiger partial charge in [0.25, 0.3) is 11.6 Å². The molecular weight excluding hydrogens is 317 g/mol. The monoisotopic (exact) mass is 325 g/mol. The predicted molar refractivity (Wildman–Crippen MR) is 80.0 cm³/mol. The molecule has 0 aliphatic rings. The Morgan fingerprint density at radius 1 is 1.29 bits per heavy atom. The zero-order valence-electron chi connectivity index (χ0n) is 10.8. The Morgan fingerprint density at radius 3 is 2.62 bits per heavy atom. The summed E-state index contributed by atoms with van der Waals surface area (Å²) in [7, 11) is 0. The number of nitrogens with one attached hydrogen (secondary N) is 1.